The van der Waals surface area contributed by atoms with Gasteiger partial charge in [-0.1, -0.05) is 45.0 Å². The monoisotopic (exact) mass is 490 g/mol. The van der Waals surface area contributed by atoms with Gasteiger partial charge in [0.15, 0.2) is 9.84 Å². The highest BCUT2D eigenvalue weighted by molar-refractivity contribution is 7.98. The summed E-state index contributed by atoms with van der Waals surface area (Å²) < 4.78 is 23.3. The molecule has 0 aromatic heterocycles. The maximum Gasteiger partial charge on any atom is 0.251 e. The Labute approximate surface area is 201 Å². The summed E-state index contributed by atoms with van der Waals surface area (Å²) in [5.74, 6) is 0.156. The van der Waals surface area contributed by atoms with E-state index in [4.69, 9.17) is 0 Å². The summed E-state index contributed by atoms with van der Waals surface area (Å²) in [6.07, 6.45) is 3.61. The van der Waals surface area contributed by atoms with Crippen molar-refractivity contribution in [1.29, 1.82) is 0 Å². The molecule has 0 spiro atoms. The Morgan fingerprint density at radius 1 is 0.970 bits per heavy atom. The van der Waals surface area contributed by atoms with Crippen LogP contribution in [0.5, 0.6) is 0 Å². The van der Waals surface area contributed by atoms with Crippen molar-refractivity contribution in [3.63, 3.8) is 0 Å². The van der Waals surface area contributed by atoms with Crippen molar-refractivity contribution in [2.75, 3.05) is 18.3 Å². The van der Waals surface area contributed by atoms with Gasteiger partial charge in [-0.25, -0.2) is 8.42 Å². The fourth-order valence-electron chi connectivity index (χ4n) is 3.27. The van der Waals surface area contributed by atoms with Crippen LogP contribution in [0.25, 0.3) is 0 Å². The summed E-state index contributed by atoms with van der Waals surface area (Å²) >= 11 is 1.61. The Kier molecular flexibility index (Phi) is 9.14. The van der Waals surface area contributed by atoms with Crippen molar-refractivity contribution in [2.24, 2.45) is 0 Å². The highest BCUT2D eigenvalue weighted by Gasteiger charge is 2.23. The standard InChI is InChI=1S/C25H34N2O4S2/c1-17(18-9-13-21(14-10-18)33(6,30)31)26-24(29)22(15-16-32-5)27-23(28)19-7-11-20(12-8-19)25(2,3)4/h7-14,17,22H,15-16H2,1-6H3,(H,26,29)(H,27,28). The number of hydrogen-bond acceptors (Lipinski definition) is 5. The molecule has 6 nitrogen and oxygen atoms in total. The van der Waals surface area contributed by atoms with Crippen LogP contribution >= 0.6 is 11.8 Å². The highest BCUT2D eigenvalue weighted by atomic mass is 32.2. The molecule has 0 radical (unpaired) electrons. The minimum atomic E-state index is -3.28. The molecule has 2 N–H and O–H groups in total. The van der Waals surface area contributed by atoms with E-state index in [1.54, 1.807) is 36.0 Å². The van der Waals surface area contributed by atoms with E-state index in [0.29, 0.717) is 12.0 Å². The van der Waals surface area contributed by atoms with Gasteiger partial charge in [-0.15, -0.1) is 0 Å². The van der Waals surface area contributed by atoms with Gasteiger partial charge in [0.2, 0.25) is 5.91 Å². The van der Waals surface area contributed by atoms with Crippen molar-refractivity contribution in [3.8, 4) is 0 Å². The van der Waals surface area contributed by atoms with Crippen LogP contribution in [0.4, 0.5) is 0 Å². The second-order valence-electron chi connectivity index (χ2n) is 9.21. The van der Waals surface area contributed by atoms with E-state index in [0.717, 1.165) is 23.1 Å². The van der Waals surface area contributed by atoms with Crippen LogP contribution in [0.1, 0.15) is 61.6 Å². The first-order valence-electron chi connectivity index (χ1n) is 10.8. The number of hydrogen-bond donors (Lipinski definition) is 2. The average Bonchev–Trinajstić information content (AvgIpc) is 2.75. The molecule has 2 unspecified atom stereocenters. The van der Waals surface area contributed by atoms with E-state index in [2.05, 4.69) is 31.4 Å². The Bertz CT molecular complexity index is 1060. The van der Waals surface area contributed by atoms with E-state index >= 15 is 0 Å². The molecule has 0 aliphatic rings. The number of benzene rings is 2. The van der Waals surface area contributed by atoms with Gasteiger partial charge in [-0.2, -0.15) is 11.8 Å². The molecule has 2 amide bonds. The summed E-state index contributed by atoms with van der Waals surface area (Å²) in [4.78, 5) is 26.0. The molecular formula is C25H34N2O4S2. The predicted octanol–water partition coefficient (Wildman–Crippen LogP) is 4.12. The van der Waals surface area contributed by atoms with Gasteiger partial charge >= 0.3 is 0 Å². The topological polar surface area (TPSA) is 92.3 Å². The number of carbonyl (C=O) groups is 2. The molecule has 180 valence electrons. The molecule has 0 aliphatic heterocycles. The average molecular weight is 491 g/mol. The first-order chi connectivity index (χ1) is 15.3. The molecule has 8 heteroatoms. The summed E-state index contributed by atoms with van der Waals surface area (Å²) in [6, 6.07) is 12.9. The molecule has 2 atom stereocenters. The number of thioether (sulfide) groups is 1. The molecule has 0 bridgehead atoms. The number of nitrogens with one attached hydrogen (secondary N) is 2. The van der Waals surface area contributed by atoms with Crippen LogP contribution in [-0.2, 0) is 20.0 Å². The molecule has 0 fully saturated rings. The van der Waals surface area contributed by atoms with E-state index in [1.807, 2.05) is 25.3 Å². The molecule has 0 saturated carbocycles. The van der Waals surface area contributed by atoms with Crippen LogP contribution in [0.2, 0.25) is 0 Å². The summed E-state index contributed by atoms with van der Waals surface area (Å²) in [5, 5.41) is 5.81. The molecule has 2 rings (SSSR count). The van der Waals surface area contributed by atoms with Crippen molar-refractivity contribution < 1.29 is 18.0 Å². The van der Waals surface area contributed by atoms with Gasteiger partial charge in [0.1, 0.15) is 6.04 Å². The van der Waals surface area contributed by atoms with Crippen LogP contribution < -0.4 is 10.6 Å². The molecule has 0 aliphatic carbocycles. The first-order valence-corrected chi connectivity index (χ1v) is 14.1. The van der Waals surface area contributed by atoms with Gasteiger partial charge in [0.05, 0.1) is 10.9 Å². The molecular weight excluding hydrogens is 456 g/mol. The van der Waals surface area contributed by atoms with Gasteiger partial charge < -0.3 is 10.6 Å². The quantitative estimate of drug-likeness (QED) is 0.552. The third-order valence-corrected chi connectivity index (χ3v) is 7.19. The Morgan fingerprint density at radius 3 is 2.03 bits per heavy atom. The zero-order valence-corrected chi connectivity index (χ0v) is 21.8. The van der Waals surface area contributed by atoms with Crippen LogP contribution in [0.15, 0.2) is 53.4 Å². The number of carbonyl (C=O) groups excluding carboxylic acids is 2. The summed E-state index contributed by atoms with van der Waals surface area (Å²) in [5.41, 5.74) is 2.41. The Morgan fingerprint density at radius 2 is 1.55 bits per heavy atom. The lowest BCUT2D eigenvalue weighted by Gasteiger charge is -2.22. The second-order valence-corrected chi connectivity index (χ2v) is 12.2. The number of sulfone groups is 1. The normalized spacial score (nSPS) is 13.8. The maximum atomic E-state index is 13.0. The smallest absolute Gasteiger partial charge is 0.251 e. The summed E-state index contributed by atoms with van der Waals surface area (Å²) in [7, 11) is -3.28. The Hall–Kier alpha value is -2.32. The minimum absolute atomic E-state index is 0.00850. The number of amides is 2. The van der Waals surface area contributed by atoms with Gasteiger partial charge in [0.25, 0.3) is 5.91 Å². The van der Waals surface area contributed by atoms with Crippen LogP contribution in [0, 0.1) is 0 Å². The van der Waals surface area contributed by atoms with E-state index < -0.39 is 15.9 Å². The van der Waals surface area contributed by atoms with Gasteiger partial charge in [-0.05, 0) is 66.2 Å². The van der Waals surface area contributed by atoms with E-state index in [-0.39, 0.29) is 28.2 Å². The zero-order valence-electron chi connectivity index (χ0n) is 20.1. The lowest BCUT2D eigenvalue weighted by atomic mass is 9.86. The lowest BCUT2D eigenvalue weighted by molar-refractivity contribution is -0.123. The van der Waals surface area contributed by atoms with Crippen molar-refractivity contribution in [2.45, 2.75) is 56.5 Å². The highest BCUT2D eigenvalue weighted by Crippen LogP contribution is 2.22. The Balaban J connectivity index is 2.10. The maximum absolute atomic E-state index is 13.0. The molecule has 0 saturated heterocycles. The van der Waals surface area contributed by atoms with Crippen LogP contribution in [-0.4, -0.2) is 44.5 Å². The van der Waals surface area contributed by atoms with E-state index in [9.17, 15) is 18.0 Å². The minimum Gasteiger partial charge on any atom is -0.348 e. The first kappa shape index (κ1) is 26.9. The van der Waals surface area contributed by atoms with Crippen molar-refractivity contribution in [3.05, 3.63) is 65.2 Å². The predicted molar refractivity (Wildman–Crippen MR) is 136 cm³/mol. The fraction of sp³-hybridized carbons (Fsp3) is 0.440. The van der Waals surface area contributed by atoms with Crippen molar-refractivity contribution >= 4 is 33.4 Å². The molecule has 2 aromatic carbocycles. The van der Waals surface area contributed by atoms with E-state index in [1.165, 1.54) is 12.1 Å². The SMILES string of the molecule is CSCCC(NC(=O)c1ccc(C(C)(C)C)cc1)C(=O)NC(C)c1ccc(S(C)(=O)=O)cc1. The van der Waals surface area contributed by atoms with Crippen LogP contribution in [0.3, 0.4) is 0 Å². The second kappa shape index (κ2) is 11.2. The molecule has 33 heavy (non-hydrogen) atoms. The van der Waals surface area contributed by atoms with Gasteiger partial charge in [0, 0.05) is 11.8 Å². The zero-order chi connectivity index (χ0) is 24.8. The number of rotatable bonds is 9. The van der Waals surface area contributed by atoms with Crippen molar-refractivity contribution in [1.82, 2.24) is 10.6 Å². The largest absolute Gasteiger partial charge is 0.348 e. The fourth-order valence-corrected chi connectivity index (χ4v) is 4.37. The third-order valence-electron chi connectivity index (χ3n) is 5.41. The third kappa shape index (κ3) is 7.89. The summed E-state index contributed by atoms with van der Waals surface area (Å²) in [6.45, 7) is 8.16. The lowest BCUT2D eigenvalue weighted by Crippen LogP contribution is -2.47. The molecule has 2 aromatic rings. The van der Waals surface area contributed by atoms with Gasteiger partial charge in [-0.3, -0.25) is 9.59 Å². The molecule has 0 heterocycles.